The highest BCUT2D eigenvalue weighted by Crippen LogP contribution is 2.30. The van der Waals surface area contributed by atoms with Gasteiger partial charge in [-0.1, -0.05) is 6.07 Å². The first-order chi connectivity index (χ1) is 13.1. The van der Waals surface area contributed by atoms with E-state index in [1.807, 2.05) is 6.07 Å². The lowest BCUT2D eigenvalue weighted by atomic mass is 10.2. The number of nitrogens with zero attached hydrogens (tertiary/aromatic N) is 1. The summed E-state index contributed by atoms with van der Waals surface area (Å²) in [5.41, 5.74) is 1.50. The Kier molecular flexibility index (Phi) is 5.51. The van der Waals surface area contributed by atoms with Crippen molar-refractivity contribution in [3.05, 3.63) is 72.2 Å². The second-order valence-corrected chi connectivity index (χ2v) is 5.59. The van der Waals surface area contributed by atoms with E-state index < -0.39 is 5.82 Å². The quantitative estimate of drug-likeness (QED) is 0.682. The predicted octanol–water partition coefficient (Wildman–Crippen LogP) is 4.23. The van der Waals surface area contributed by atoms with Gasteiger partial charge in [0.15, 0.2) is 11.5 Å². The molecule has 1 heterocycles. The van der Waals surface area contributed by atoms with E-state index in [1.165, 1.54) is 24.4 Å². The van der Waals surface area contributed by atoms with E-state index in [2.05, 4.69) is 15.6 Å². The largest absolute Gasteiger partial charge is 0.493 e. The summed E-state index contributed by atoms with van der Waals surface area (Å²) in [5.74, 6) is 0.990. The topological polar surface area (TPSA) is 72.5 Å². The maximum absolute atomic E-state index is 13.2. The molecule has 0 aliphatic heterocycles. The molecule has 0 fully saturated rings. The molecule has 0 saturated heterocycles. The van der Waals surface area contributed by atoms with Crippen LogP contribution < -0.4 is 20.1 Å². The maximum atomic E-state index is 13.2. The first-order valence-electron chi connectivity index (χ1n) is 8.11. The fraction of sp³-hybridized carbons (Fsp3) is 0.100. The van der Waals surface area contributed by atoms with E-state index >= 15 is 0 Å². The first kappa shape index (κ1) is 18.2. The number of methoxy groups -OCH3 is 2. The number of ether oxygens (including phenoxy) is 2. The molecule has 3 rings (SSSR count). The van der Waals surface area contributed by atoms with Gasteiger partial charge in [-0.3, -0.25) is 4.79 Å². The van der Waals surface area contributed by atoms with Crippen molar-refractivity contribution in [3.8, 4) is 11.5 Å². The molecular weight excluding hydrogens is 349 g/mol. The summed E-state index contributed by atoms with van der Waals surface area (Å²) in [5, 5.41) is 5.75. The van der Waals surface area contributed by atoms with Crippen LogP contribution in [-0.4, -0.2) is 25.1 Å². The molecule has 1 amide bonds. The van der Waals surface area contributed by atoms with Crippen molar-refractivity contribution in [2.45, 2.75) is 0 Å². The number of carbonyl (C=O) groups excluding carboxylic acids is 1. The Labute approximate surface area is 156 Å². The van der Waals surface area contributed by atoms with E-state index in [-0.39, 0.29) is 5.91 Å². The van der Waals surface area contributed by atoms with Gasteiger partial charge in [-0.25, -0.2) is 9.37 Å². The molecule has 2 N–H and O–H groups in total. The fourth-order valence-corrected chi connectivity index (χ4v) is 2.43. The average molecular weight is 367 g/mol. The Balaban J connectivity index is 1.69. The zero-order valence-electron chi connectivity index (χ0n) is 14.8. The zero-order chi connectivity index (χ0) is 19.2. The number of rotatable bonds is 6. The first-order valence-corrected chi connectivity index (χ1v) is 8.11. The summed E-state index contributed by atoms with van der Waals surface area (Å²) in [4.78, 5) is 16.5. The number of hydrogen-bond acceptors (Lipinski definition) is 5. The third-order valence-electron chi connectivity index (χ3n) is 3.76. The van der Waals surface area contributed by atoms with Crippen LogP contribution in [0.4, 0.5) is 21.6 Å². The number of carbonyl (C=O) groups is 1. The van der Waals surface area contributed by atoms with Gasteiger partial charge in [0.25, 0.3) is 5.91 Å². The number of amides is 1. The SMILES string of the molecule is COc1ccc(Nc2ccc(C(=O)Nc3cccc(F)c3)cn2)cc1OC. The molecule has 0 unspecified atom stereocenters. The third kappa shape index (κ3) is 4.52. The molecule has 0 bridgehead atoms. The lowest BCUT2D eigenvalue weighted by Gasteiger charge is -2.11. The van der Waals surface area contributed by atoms with E-state index in [1.54, 1.807) is 44.6 Å². The van der Waals surface area contributed by atoms with E-state index in [0.717, 1.165) is 5.69 Å². The second kappa shape index (κ2) is 8.18. The van der Waals surface area contributed by atoms with Crippen molar-refractivity contribution < 1.29 is 18.7 Å². The van der Waals surface area contributed by atoms with Crippen molar-refractivity contribution in [2.75, 3.05) is 24.9 Å². The molecule has 0 atom stereocenters. The van der Waals surface area contributed by atoms with Crippen molar-refractivity contribution in [3.63, 3.8) is 0 Å². The van der Waals surface area contributed by atoms with Gasteiger partial charge >= 0.3 is 0 Å². The Bertz CT molecular complexity index is 945. The van der Waals surface area contributed by atoms with Crippen LogP contribution in [0, 0.1) is 5.82 Å². The van der Waals surface area contributed by atoms with Gasteiger partial charge in [-0.2, -0.15) is 0 Å². The van der Waals surface area contributed by atoms with Crippen LogP contribution in [0.15, 0.2) is 60.8 Å². The molecule has 0 radical (unpaired) electrons. The van der Waals surface area contributed by atoms with Gasteiger partial charge < -0.3 is 20.1 Å². The minimum atomic E-state index is -0.416. The number of aromatic nitrogens is 1. The number of pyridine rings is 1. The minimum Gasteiger partial charge on any atom is -0.493 e. The molecule has 0 saturated carbocycles. The summed E-state index contributed by atoms with van der Waals surface area (Å²) in [6.07, 6.45) is 1.44. The smallest absolute Gasteiger partial charge is 0.257 e. The molecular formula is C20H18FN3O3. The van der Waals surface area contributed by atoms with Gasteiger partial charge in [-0.15, -0.1) is 0 Å². The molecule has 0 aliphatic rings. The lowest BCUT2D eigenvalue weighted by Crippen LogP contribution is -2.12. The molecule has 138 valence electrons. The van der Waals surface area contributed by atoms with Crippen molar-refractivity contribution in [1.29, 1.82) is 0 Å². The van der Waals surface area contributed by atoms with Crippen LogP contribution in [0.3, 0.4) is 0 Å². The monoisotopic (exact) mass is 367 g/mol. The van der Waals surface area contributed by atoms with Crippen LogP contribution in [0.25, 0.3) is 0 Å². The average Bonchev–Trinajstić information content (AvgIpc) is 2.68. The fourth-order valence-electron chi connectivity index (χ4n) is 2.43. The van der Waals surface area contributed by atoms with Crippen LogP contribution in [0.5, 0.6) is 11.5 Å². The Morgan fingerprint density at radius 2 is 1.78 bits per heavy atom. The van der Waals surface area contributed by atoms with Crippen LogP contribution in [0.1, 0.15) is 10.4 Å². The molecule has 6 nitrogen and oxygen atoms in total. The summed E-state index contributed by atoms with van der Waals surface area (Å²) in [6.45, 7) is 0. The molecule has 27 heavy (non-hydrogen) atoms. The Morgan fingerprint density at radius 1 is 0.963 bits per heavy atom. The number of hydrogen-bond donors (Lipinski definition) is 2. The minimum absolute atomic E-state index is 0.358. The van der Waals surface area contributed by atoms with Crippen molar-refractivity contribution >= 4 is 23.1 Å². The number of halogens is 1. The summed E-state index contributed by atoms with van der Waals surface area (Å²) in [7, 11) is 3.13. The molecule has 0 aliphatic carbocycles. The third-order valence-corrected chi connectivity index (χ3v) is 3.76. The Morgan fingerprint density at radius 3 is 2.44 bits per heavy atom. The van der Waals surface area contributed by atoms with E-state index in [9.17, 15) is 9.18 Å². The highest BCUT2D eigenvalue weighted by atomic mass is 19.1. The van der Waals surface area contributed by atoms with Crippen molar-refractivity contribution in [1.82, 2.24) is 4.98 Å². The number of anilines is 3. The van der Waals surface area contributed by atoms with Crippen molar-refractivity contribution in [2.24, 2.45) is 0 Å². The number of nitrogens with one attached hydrogen (secondary N) is 2. The maximum Gasteiger partial charge on any atom is 0.257 e. The molecule has 0 spiro atoms. The molecule has 2 aromatic carbocycles. The van der Waals surface area contributed by atoms with E-state index in [4.69, 9.17) is 9.47 Å². The highest BCUT2D eigenvalue weighted by molar-refractivity contribution is 6.04. The molecule has 7 heteroatoms. The highest BCUT2D eigenvalue weighted by Gasteiger charge is 2.09. The van der Waals surface area contributed by atoms with Gasteiger partial charge in [0, 0.05) is 23.6 Å². The van der Waals surface area contributed by atoms with Gasteiger partial charge in [0.2, 0.25) is 0 Å². The molecule has 3 aromatic rings. The zero-order valence-corrected chi connectivity index (χ0v) is 14.8. The second-order valence-electron chi connectivity index (χ2n) is 5.59. The predicted molar refractivity (Wildman–Crippen MR) is 101 cm³/mol. The van der Waals surface area contributed by atoms with Crippen LogP contribution in [0.2, 0.25) is 0 Å². The van der Waals surface area contributed by atoms with Gasteiger partial charge in [0.1, 0.15) is 11.6 Å². The van der Waals surface area contributed by atoms with Gasteiger partial charge in [-0.05, 0) is 42.5 Å². The lowest BCUT2D eigenvalue weighted by molar-refractivity contribution is 0.102. The van der Waals surface area contributed by atoms with E-state index in [0.29, 0.717) is 28.6 Å². The van der Waals surface area contributed by atoms with Crippen LogP contribution >= 0.6 is 0 Å². The van der Waals surface area contributed by atoms with Crippen LogP contribution in [-0.2, 0) is 0 Å². The normalized spacial score (nSPS) is 10.2. The van der Waals surface area contributed by atoms with Gasteiger partial charge in [0.05, 0.1) is 19.8 Å². The Hall–Kier alpha value is -3.61. The standard InChI is InChI=1S/C20H18FN3O3/c1-26-17-8-7-16(11-18(17)27-2)23-19-9-6-13(12-22-19)20(25)24-15-5-3-4-14(21)10-15/h3-12H,1-2H3,(H,22,23)(H,24,25). The summed E-state index contributed by atoms with van der Waals surface area (Å²) in [6, 6.07) is 14.4. The number of benzene rings is 2. The summed E-state index contributed by atoms with van der Waals surface area (Å²) >= 11 is 0. The molecule has 1 aromatic heterocycles. The summed E-state index contributed by atoms with van der Waals surface area (Å²) < 4.78 is 23.7.